The maximum atomic E-state index is 14.4. The largest absolute Gasteiger partial charge is 0.492 e. The molecule has 0 saturated carbocycles. The molecule has 0 unspecified atom stereocenters. The molecule has 6 rings (SSSR count). The van der Waals surface area contributed by atoms with Crippen molar-refractivity contribution >= 4 is 65.5 Å². The summed E-state index contributed by atoms with van der Waals surface area (Å²) in [4.78, 5) is 104. The molecule has 0 aromatic heterocycles. The van der Waals surface area contributed by atoms with Gasteiger partial charge in [-0.15, -0.1) is 0 Å². The van der Waals surface area contributed by atoms with Crippen molar-refractivity contribution in [1.82, 2.24) is 26.2 Å². The predicted octanol–water partition coefficient (Wildman–Crippen LogP) is 2.46. The van der Waals surface area contributed by atoms with E-state index >= 15 is 0 Å². The highest BCUT2D eigenvalue weighted by Gasteiger charge is 2.44. The van der Waals surface area contributed by atoms with Crippen LogP contribution in [0.2, 0.25) is 0 Å². The monoisotopic (exact) mass is 952 g/mol. The SMILES string of the molecule is CC1(C)CN(O)c2cc(C(=O)N3C[C@H](NC(=O)c4ccc5c(c4)B(O)OC5(C)C)C[C@H]3C(=O)N[C@@H](CCCCNC(=O)Cc3ccc(CNC(=O)CCC(=O)O)cc3)C(=O)CCCC(=O)O)ccc21. The van der Waals surface area contributed by atoms with Crippen molar-refractivity contribution in [1.29, 1.82) is 0 Å². The van der Waals surface area contributed by atoms with Gasteiger partial charge in [0.2, 0.25) is 17.7 Å². The van der Waals surface area contributed by atoms with E-state index in [2.05, 4.69) is 21.3 Å². The number of carboxylic acid groups (broad SMARTS) is 2. The van der Waals surface area contributed by atoms with E-state index in [-0.39, 0.29) is 93.9 Å². The number of carboxylic acids is 2. The van der Waals surface area contributed by atoms with E-state index < -0.39 is 71.7 Å². The molecule has 0 aliphatic carbocycles. The Balaban J connectivity index is 1.10. The molecule has 8 N–H and O–H groups in total. The molecule has 3 aromatic rings. The molecule has 1 saturated heterocycles. The average molecular weight is 953 g/mol. The lowest BCUT2D eigenvalue weighted by Crippen LogP contribution is -2.51. The fourth-order valence-electron chi connectivity index (χ4n) is 9.11. The van der Waals surface area contributed by atoms with E-state index in [0.29, 0.717) is 30.5 Å². The van der Waals surface area contributed by atoms with Gasteiger partial charge in [0.1, 0.15) is 6.04 Å². The maximum absolute atomic E-state index is 14.4. The smallest absolute Gasteiger partial charge is 0.481 e. The van der Waals surface area contributed by atoms with Crippen LogP contribution in [0.4, 0.5) is 5.69 Å². The summed E-state index contributed by atoms with van der Waals surface area (Å²) in [5.41, 5.74) is 3.24. The fraction of sp³-hybridized carbons (Fsp3) is 0.469. The first-order valence-electron chi connectivity index (χ1n) is 23.2. The van der Waals surface area contributed by atoms with Crippen LogP contribution < -0.4 is 31.8 Å². The van der Waals surface area contributed by atoms with Crippen molar-refractivity contribution in [3.05, 3.63) is 94.0 Å². The second-order valence-corrected chi connectivity index (χ2v) is 19.1. The first-order valence-corrected chi connectivity index (χ1v) is 23.2. The lowest BCUT2D eigenvalue weighted by Gasteiger charge is -2.26. The number of hydrogen-bond acceptors (Lipinski definition) is 12. The van der Waals surface area contributed by atoms with E-state index in [1.807, 2.05) is 13.8 Å². The molecule has 3 aromatic carbocycles. The summed E-state index contributed by atoms with van der Waals surface area (Å²) < 4.78 is 5.66. The number of anilines is 1. The van der Waals surface area contributed by atoms with Gasteiger partial charge in [-0.25, -0.2) is 0 Å². The van der Waals surface area contributed by atoms with Crippen LogP contribution >= 0.6 is 0 Å². The zero-order valence-corrected chi connectivity index (χ0v) is 39.3. The van der Waals surface area contributed by atoms with Crippen molar-refractivity contribution in [2.45, 2.75) is 128 Å². The van der Waals surface area contributed by atoms with Gasteiger partial charge in [-0.05, 0) is 97.9 Å². The normalized spacial score (nSPS) is 17.9. The zero-order chi connectivity index (χ0) is 50.2. The van der Waals surface area contributed by atoms with Gasteiger partial charge in [0.05, 0.1) is 36.7 Å². The van der Waals surface area contributed by atoms with Crippen molar-refractivity contribution in [3.63, 3.8) is 0 Å². The number of amides is 5. The summed E-state index contributed by atoms with van der Waals surface area (Å²) in [7, 11) is -1.23. The van der Waals surface area contributed by atoms with Crippen LogP contribution in [0, 0.1) is 0 Å². The summed E-state index contributed by atoms with van der Waals surface area (Å²) in [6.07, 6.45) is 0.306. The molecular weight excluding hydrogens is 891 g/mol. The topological polar surface area (TPSA) is 281 Å². The van der Waals surface area contributed by atoms with E-state index in [4.69, 9.17) is 9.76 Å². The van der Waals surface area contributed by atoms with E-state index in [0.717, 1.165) is 27.3 Å². The minimum Gasteiger partial charge on any atom is -0.481 e. The Morgan fingerprint density at radius 2 is 1.46 bits per heavy atom. The molecule has 20 heteroatoms. The first-order chi connectivity index (χ1) is 32.6. The number of carbonyl (C=O) groups is 8. The summed E-state index contributed by atoms with van der Waals surface area (Å²) >= 11 is 0. The Hall–Kier alpha value is -6.64. The first kappa shape index (κ1) is 51.8. The van der Waals surface area contributed by atoms with Gasteiger partial charge in [0, 0.05) is 61.5 Å². The van der Waals surface area contributed by atoms with Crippen LogP contribution in [0.15, 0.2) is 60.7 Å². The number of hydrogen-bond donors (Lipinski definition) is 8. The van der Waals surface area contributed by atoms with Crippen molar-refractivity contribution in [2.75, 3.05) is 24.7 Å². The Kier molecular flexibility index (Phi) is 16.6. The van der Waals surface area contributed by atoms with Gasteiger partial charge in [-0.2, -0.15) is 0 Å². The van der Waals surface area contributed by atoms with E-state index in [9.17, 15) is 53.7 Å². The molecular formula is C49H61BN6O13. The Labute approximate surface area is 400 Å². The molecule has 3 heterocycles. The van der Waals surface area contributed by atoms with Gasteiger partial charge in [-0.3, -0.25) is 48.6 Å². The number of nitrogens with one attached hydrogen (secondary N) is 4. The zero-order valence-electron chi connectivity index (χ0n) is 39.3. The number of benzene rings is 3. The lowest BCUT2D eigenvalue weighted by atomic mass is 9.77. The molecule has 0 bridgehead atoms. The number of unbranched alkanes of at least 4 members (excludes halogenated alkanes) is 1. The summed E-state index contributed by atoms with van der Waals surface area (Å²) in [6.45, 7) is 8.25. The highest BCUT2D eigenvalue weighted by atomic mass is 16.5. The highest BCUT2D eigenvalue weighted by Crippen LogP contribution is 2.40. The van der Waals surface area contributed by atoms with E-state index in [1.54, 1.807) is 74.5 Å². The van der Waals surface area contributed by atoms with Gasteiger partial charge in [-0.1, -0.05) is 50.2 Å². The maximum Gasteiger partial charge on any atom is 0.492 e. The Morgan fingerprint density at radius 1 is 0.783 bits per heavy atom. The van der Waals surface area contributed by atoms with Crippen LogP contribution in [0.5, 0.6) is 0 Å². The van der Waals surface area contributed by atoms with Crippen molar-refractivity contribution in [3.8, 4) is 0 Å². The standard InChI is InChI=1S/C49H61BN6O13/c1-48(2)28-56(68)38-24-32(16-18-35(38)48)47(66)55-27-33(53-45(64)31-15-17-34-36(23-31)50(67)69-49(34,3)4)25-39(55)46(65)54-37(40(57)9-7-10-43(60)61)8-5-6-21-51-42(59)22-29-11-13-30(14-12-29)26-52-41(58)19-20-44(62)63/h11-18,23-24,33,37,39,67-68H,5-10,19-22,25-28H2,1-4H3,(H,51,59)(H,52,58)(H,53,64)(H,54,65)(H,60,61)(H,62,63)/t33-,37+,39+/m1/s1. The molecule has 69 heavy (non-hydrogen) atoms. The van der Waals surface area contributed by atoms with Gasteiger partial charge in [0.25, 0.3) is 11.8 Å². The molecule has 3 aliphatic rings. The van der Waals surface area contributed by atoms with Crippen LogP contribution in [0.25, 0.3) is 0 Å². The fourth-order valence-corrected chi connectivity index (χ4v) is 9.11. The van der Waals surface area contributed by atoms with Crippen LogP contribution in [0.3, 0.4) is 0 Å². The summed E-state index contributed by atoms with van der Waals surface area (Å²) in [6, 6.07) is 13.9. The predicted molar refractivity (Wildman–Crippen MR) is 252 cm³/mol. The molecule has 0 spiro atoms. The molecule has 368 valence electrons. The quantitative estimate of drug-likeness (QED) is 0.0531. The van der Waals surface area contributed by atoms with Crippen LogP contribution in [0.1, 0.15) is 128 Å². The number of likely N-dealkylation sites (tertiary alicyclic amines) is 1. The molecule has 1 fully saturated rings. The molecule has 19 nitrogen and oxygen atoms in total. The number of aliphatic carboxylic acids is 2. The number of hydroxylamine groups is 1. The lowest BCUT2D eigenvalue weighted by molar-refractivity contribution is -0.139. The van der Waals surface area contributed by atoms with Gasteiger partial charge >= 0.3 is 19.1 Å². The number of ketones is 1. The van der Waals surface area contributed by atoms with Crippen molar-refractivity contribution < 1.29 is 63.5 Å². The van der Waals surface area contributed by atoms with Gasteiger partial charge < -0.3 is 46.1 Å². The third-order valence-corrected chi connectivity index (χ3v) is 12.8. The molecule has 5 amide bonds. The molecule has 3 atom stereocenters. The Morgan fingerprint density at radius 3 is 2.17 bits per heavy atom. The minimum absolute atomic E-state index is 0.0169. The highest BCUT2D eigenvalue weighted by molar-refractivity contribution is 6.62. The van der Waals surface area contributed by atoms with Crippen LogP contribution in [-0.4, -0.2) is 117 Å². The van der Waals surface area contributed by atoms with Crippen LogP contribution in [-0.2, 0) is 57.4 Å². The Bertz CT molecular complexity index is 2460. The number of rotatable bonds is 22. The third-order valence-electron chi connectivity index (χ3n) is 12.8. The number of Topliss-reactive ketones (excluding diaryl/α,β-unsaturated/α-hetero) is 1. The molecule has 3 aliphatic heterocycles. The second-order valence-electron chi connectivity index (χ2n) is 19.1. The minimum atomic E-state index is -1.23. The average Bonchev–Trinajstić information content (AvgIpc) is 3.90. The summed E-state index contributed by atoms with van der Waals surface area (Å²) in [5, 5.41) is 51.6. The number of carbonyl (C=O) groups excluding carboxylic acids is 6. The third kappa shape index (κ3) is 13.3. The summed E-state index contributed by atoms with van der Waals surface area (Å²) in [5.74, 6) is -4.86. The van der Waals surface area contributed by atoms with E-state index in [1.165, 1.54) is 4.90 Å². The van der Waals surface area contributed by atoms with Crippen molar-refractivity contribution in [2.24, 2.45) is 0 Å². The van der Waals surface area contributed by atoms with Gasteiger partial charge in [0.15, 0.2) is 5.78 Å². The second kappa shape index (κ2) is 22.2. The molecule has 0 radical (unpaired) electrons. The number of nitrogens with zero attached hydrogens (tertiary/aromatic N) is 2. The number of fused-ring (bicyclic) bond motifs is 2.